The Balaban J connectivity index is 2.08. The first-order valence-corrected chi connectivity index (χ1v) is 6.50. The van der Waals surface area contributed by atoms with Crippen molar-refractivity contribution < 1.29 is 13.9 Å². The molecule has 1 amide bonds. The number of hydrogen-bond acceptors (Lipinski definition) is 3. The Labute approximate surface area is 112 Å². The fraction of sp³-hybridized carbons (Fsp3) is 0.500. The summed E-state index contributed by atoms with van der Waals surface area (Å²) in [6, 6.07) is 4.73. The number of hydrogen-bond donors (Lipinski definition) is 2. The van der Waals surface area contributed by atoms with Gasteiger partial charge in [0.15, 0.2) is 0 Å². The lowest BCUT2D eigenvalue weighted by atomic mass is 10.0. The van der Waals surface area contributed by atoms with Gasteiger partial charge in [-0.05, 0) is 25.1 Å². The Hall–Kier alpha value is -1.46. The molecule has 19 heavy (non-hydrogen) atoms. The van der Waals surface area contributed by atoms with E-state index < -0.39 is 5.82 Å². The van der Waals surface area contributed by atoms with E-state index in [1.54, 1.807) is 19.1 Å². The highest BCUT2D eigenvalue weighted by molar-refractivity contribution is 5.94. The number of carbonyl (C=O) groups is 1. The standard InChI is InChI=1S/C14H19FN2O2/c1-3-16-12-8-19-7-10(12)14(18)17-13-9(2)5-4-6-11(13)15/h4-6,10,12,16H,3,7-8H2,1-2H3,(H,17,18). The zero-order chi connectivity index (χ0) is 13.8. The maximum atomic E-state index is 13.7. The van der Waals surface area contributed by atoms with Gasteiger partial charge >= 0.3 is 0 Å². The molecule has 0 bridgehead atoms. The van der Waals surface area contributed by atoms with Gasteiger partial charge in [0.25, 0.3) is 0 Å². The average molecular weight is 266 g/mol. The minimum Gasteiger partial charge on any atom is -0.379 e. The molecule has 104 valence electrons. The van der Waals surface area contributed by atoms with Gasteiger partial charge in [0.2, 0.25) is 5.91 Å². The highest BCUT2D eigenvalue weighted by Crippen LogP contribution is 2.21. The number of nitrogens with one attached hydrogen (secondary N) is 2. The monoisotopic (exact) mass is 266 g/mol. The normalized spacial score (nSPS) is 22.5. The molecule has 1 saturated heterocycles. The number of carbonyl (C=O) groups excluding carboxylic acids is 1. The summed E-state index contributed by atoms with van der Waals surface area (Å²) in [6.45, 7) is 5.41. The van der Waals surface area contributed by atoms with Gasteiger partial charge in [-0.2, -0.15) is 0 Å². The van der Waals surface area contributed by atoms with Crippen molar-refractivity contribution in [1.29, 1.82) is 0 Å². The Morgan fingerprint density at radius 2 is 2.26 bits per heavy atom. The lowest BCUT2D eigenvalue weighted by Gasteiger charge is -2.18. The summed E-state index contributed by atoms with van der Waals surface area (Å²) in [7, 11) is 0. The van der Waals surface area contributed by atoms with E-state index in [1.807, 2.05) is 6.92 Å². The van der Waals surface area contributed by atoms with Crippen LogP contribution < -0.4 is 10.6 Å². The number of ether oxygens (including phenoxy) is 1. The number of likely N-dealkylation sites (N-methyl/N-ethyl adjacent to an activating group) is 1. The fourth-order valence-electron chi connectivity index (χ4n) is 2.28. The Kier molecular flexibility index (Phi) is 4.50. The molecule has 1 fully saturated rings. The van der Waals surface area contributed by atoms with Crippen LogP contribution in [0.1, 0.15) is 12.5 Å². The van der Waals surface area contributed by atoms with E-state index in [0.29, 0.717) is 18.8 Å². The third-order valence-corrected chi connectivity index (χ3v) is 3.35. The fourth-order valence-corrected chi connectivity index (χ4v) is 2.28. The highest BCUT2D eigenvalue weighted by Gasteiger charge is 2.33. The topological polar surface area (TPSA) is 50.4 Å². The van der Waals surface area contributed by atoms with Crippen molar-refractivity contribution in [3.05, 3.63) is 29.6 Å². The van der Waals surface area contributed by atoms with E-state index in [4.69, 9.17) is 4.74 Å². The molecular weight excluding hydrogens is 247 g/mol. The molecule has 4 nitrogen and oxygen atoms in total. The van der Waals surface area contributed by atoms with Crippen LogP contribution in [0.3, 0.4) is 0 Å². The van der Waals surface area contributed by atoms with Gasteiger partial charge in [0.05, 0.1) is 24.8 Å². The van der Waals surface area contributed by atoms with E-state index >= 15 is 0 Å². The maximum Gasteiger partial charge on any atom is 0.231 e. The Morgan fingerprint density at radius 3 is 2.95 bits per heavy atom. The Morgan fingerprint density at radius 1 is 1.47 bits per heavy atom. The van der Waals surface area contributed by atoms with Crippen molar-refractivity contribution in [3.8, 4) is 0 Å². The maximum absolute atomic E-state index is 13.7. The van der Waals surface area contributed by atoms with E-state index in [-0.39, 0.29) is 23.6 Å². The van der Waals surface area contributed by atoms with Crippen molar-refractivity contribution in [1.82, 2.24) is 5.32 Å². The summed E-state index contributed by atoms with van der Waals surface area (Å²) in [5.41, 5.74) is 0.974. The van der Waals surface area contributed by atoms with Crippen molar-refractivity contribution in [2.24, 2.45) is 5.92 Å². The summed E-state index contributed by atoms with van der Waals surface area (Å²) in [6.07, 6.45) is 0. The van der Waals surface area contributed by atoms with Crippen LogP contribution in [0, 0.1) is 18.7 Å². The molecule has 1 aromatic rings. The molecule has 5 heteroatoms. The van der Waals surface area contributed by atoms with Crippen molar-refractivity contribution in [2.45, 2.75) is 19.9 Å². The van der Waals surface area contributed by atoms with Crippen molar-refractivity contribution in [2.75, 3.05) is 25.1 Å². The van der Waals surface area contributed by atoms with Gasteiger partial charge < -0.3 is 15.4 Å². The van der Waals surface area contributed by atoms with E-state index in [2.05, 4.69) is 10.6 Å². The predicted molar refractivity (Wildman–Crippen MR) is 71.5 cm³/mol. The van der Waals surface area contributed by atoms with Gasteiger partial charge in [-0.15, -0.1) is 0 Å². The Bertz CT molecular complexity index is 445. The molecule has 0 aromatic heterocycles. The smallest absolute Gasteiger partial charge is 0.231 e. The molecule has 1 heterocycles. The van der Waals surface area contributed by atoms with Gasteiger partial charge in [-0.1, -0.05) is 19.1 Å². The highest BCUT2D eigenvalue weighted by atomic mass is 19.1. The van der Waals surface area contributed by atoms with Crippen LogP contribution in [0.15, 0.2) is 18.2 Å². The SMILES string of the molecule is CCNC1COCC1C(=O)Nc1c(C)cccc1F. The zero-order valence-electron chi connectivity index (χ0n) is 11.2. The molecule has 1 aromatic carbocycles. The summed E-state index contributed by atoms with van der Waals surface area (Å²) in [5.74, 6) is -0.886. The van der Waals surface area contributed by atoms with Crippen LogP contribution in [-0.2, 0) is 9.53 Å². The van der Waals surface area contributed by atoms with E-state index in [1.165, 1.54) is 6.07 Å². The largest absolute Gasteiger partial charge is 0.379 e. The van der Waals surface area contributed by atoms with Crippen LogP contribution in [-0.4, -0.2) is 31.7 Å². The van der Waals surface area contributed by atoms with Crippen LogP contribution in [0.25, 0.3) is 0 Å². The number of rotatable bonds is 4. The lowest BCUT2D eigenvalue weighted by molar-refractivity contribution is -0.120. The number of benzene rings is 1. The second-order valence-electron chi connectivity index (χ2n) is 4.73. The molecule has 2 N–H and O–H groups in total. The molecule has 2 rings (SSSR count). The minimum atomic E-state index is -0.410. The lowest BCUT2D eigenvalue weighted by Crippen LogP contribution is -2.41. The number of anilines is 1. The third kappa shape index (κ3) is 3.11. The van der Waals surface area contributed by atoms with Crippen molar-refractivity contribution in [3.63, 3.8) is 0 Å². The molecule has 1 aliphatic rings. The van der Waals surface area contributed by atoms with Crippen LogP contribution >= 0.6 is 0 Å². The summed E-state index contributed by atoms with van der Waals surface area (Å²) < 4.78 is 19.0. The number of para-hydroxylation sites is 1. The first-order valence-electron chi connectivity index (χ1n) is 6.50. The number of halogens is 1. The van der Waals surface area contributed by atoms with E-state index in [9.17, 15) is 9.18 Å². The van der Waals surface area contributed by atoms with Gasteiger partial charge in [0.1, 0.15) is 5.82 Å². The van der Waals surface area contributed by atoms with E-state index in [0.717, 1.165) is 6.54 Å². The molecule has 0 saturated carbocycles. The molecule has 1 aliphatic heterocycles. The molecule has 0 radical (unpaired) electrons. The summed E-state index contributed by atoms with van der Waals surface area (Å²) in [5, 5.41) is 5.89. The van der Waals surface area contributed by atoms with Gasteiger partial charge in [0, 0.05) is 6.04 Å². The summed E-state index contributed by atoms with van der Waals surface area (Å²) in [4.78, 5) is 12.2. The van der Waals surface area contributed by atoms with Gasteiger partial charge in [-0.25, -0.2) is 4.39 Å². The molecular formula is C14H19FN2O2. The van der Waals surface area contributed by atoms with Crippen LogP contribution in [0.2, 0.25) is 0 Å². The zero-order valence-corrected chi connectivity index (χ0v) is 11.2. The van der Waals surface area contributed by atoms with Crippen molar-refractivity contribution >= 4 is 11.6 Å². The van der Waals surface area contributed by atoms with Gasteiger partial charge in [-0.3, -0.25) is 4.79 Å². The molecule has 0 spiro atoms. The minimum absolute atomic E-state index is 0.00270. The average Bonchev–Trinajstić information content (AvgIpc) is 2.83. The summed E-state index contributed by atoms with van der Waals surface area (Å²) >= 11 is 0. The second kappa shape index (κ2) is 6.12. The van der Waals surface area contributed by atoms with Crippen LogP contribution in [0.5, 0.6) is 0 Å². The quantitative estimate of drug-likeness (QED) is 0.872. The molecule has 2 unspecified atom stereocenters. The van der Waals surface area contributed by atoms with Crippen LogP contribution in [0.4, 0.5) is 10.1 Å². The first kappa shape index (κ1) is 14.0. The number of aryl methyl sites for hydroxylation is 1. The predicted octanol–water partition coefficient (Wildman–Crippen LogP) is 1.70. The second-order valence-corrected chi connectivity index (χ2v) is 4.73. The first-order chi connectivity index (χ1) is 9.13. The molecule has 0 aliphatic carbocycles. The molecule has 2 atom stereocenters. The number of amides is 1. The third-order valence-electron chi connectivity index (χ3n) is 3.35.